The van der Waals surface area contributed by atoms with E-state index in [0.717, 1.165) is 0 Å². The summed E-state index contributed by atoms with van der Waals surface area (Å²) in [5.74, 6) is -0.373. The average Bonchev–Trinajstić information content (AvgIpc) is 2.39. The van der Waals surface area contributed by atoms with Crippen LogP contribution in [0.5, 0.6) is 0 Å². The third-order valence-electron chi connectivity index (χ3n) is 2.38. The summed E-state index contributed by atoms with van der Waals surface area (Å²) in [6.45, 7) is 0. The van der Waals surface area contributed by atoms with E-state index in [1.807, 2.05) is 0 Å². The molecule has 0 aliphatic rings. The molecule has 0 unspecified atom stereocenters. The van der Waals surface area contributed by atoms with Gasteiger partial charge in [-0.1, -0.05) is 34.8 Å². The maximum absolute atomic E-state index is 12.8. The molecule has 0 bridgehead atoms. The zero-order chi connectivity index (χ0) is 16.9. The summed E-state index contributed by atoms with van der Waals surface area (Å²) in [5.41, 5.74) is 0.543. The zero-order valence-electron chi connectivity index (χ0n) is 11.7. The zero-order valence-corrected chi connectivity index (χ0v) is 14.7. The summed E-state index contributed by atoms with van der Waals surface area (Å²) in [5, 5.41) is 8.04. The Balaban J connectivity index is 2.70. The van der Waals surface area contributed by atoms with Crippen molar-refractivity contribution in [1.29, 1.82) is 0 Å². The highest BCUT2D eigenvalue weighted by molar-refractivity contribution is 7.80. The van der Waals surface area contributed by atoms with Crippen LogP contribution in [-0.4, -0.2) is 40.1 Å². The molecule has 0 saturated heterocycles. The second kappa shape index (κ2) is 8.01. The first-order chi connectivity index (χ1) is 10.1. The van der Waals surface area contributed by atoms with Crippen LogP contribution in [0.15, 0.2) is 24.3 Å². The van der Waals surface area contributed by atoms with Crippen molar-refractivity contribution in [3.8, 4) is 0 Å². The quantitative estimate of drug-likeness (QED) is 0.424. The second-order valence-electron chi connectivity index (χ2n) is 4.42. The van der Waals surface area contributed by atoms with Crippen LogP contribution < -0.4 is 16.0 Å². The van der Waals surface area contributed by atoms with E-state index in [1.165, 1.54) is 29.2 Å². The Hall–Kier alpha value is -1.02. The van der Waals surface area contributed by atoms with Gasteiger partial charge in [0.1, 0.15) is 5.82 Å². The monoisotopic (exact) mass is 386 g/mol. The smallest absolute Gasteiger partial charge is 0.318 e. The number of amides is 2. The molecule has 0 aliphatic heterocycles. The van der Waals surface area contributed by atoms with Crippen LogP contribution in [0.2, 0.25) is 0 Å². The fraction of sp³-hybridized carbons (Fsp3) is 0.333. The number of urea groups is 1. The van der Waals surface area contributed by atoms with Gasteiger partial charge in [-0.3, -0.25) is 0 Å². The van der Waals surface area contributed by atoms with Gasteiger partial charge < -0.3 is 20.9 Å². The Morgan fingerprint density at radius 3 is 2.23 bits per heavy atom. The Morgan fingerprint density at radius 2 is 1.77 bits per heavy atom. The van der Waals surface area contributed by atoms with Crippen molar-refractivity contribution in [2.45, 2.75) is 9.96 Å². The Kier molecular flexibility index (Phi) is 6.93. The molecule has 10 heteroatoms. The first kappa shape index (κ1) is 19.0. The van der Waals surface area contributed by atoms with Gasteiger partial charge in [-0.25, -0.2) is 9.18 Å². The summed E-state index contributed by atoms with van der Waals surface area (Å²) in [6.07, 6.45) is -1.06. The number of nitrogens with zero attached hydrogens (tertiary/aromatic N) is 1. The fourth-order valence-electron chi connectivity index (χ4n) is 1.28. The number of halogens is 4. The van der Waals surface area contributed by atoms with E-state index in [1.54, 1.807) is 14.1 Å². The first-order valence-electron chi connectivity index (χ1n) is 5.97. The van der Waals surface area contributed by atoms with Crippen LogP contribution in [0, 0.1) is 5.82 Å². The molecule has 0 aliphatic carbocycles. The number of anilines is 1. The number of carbonyl (C=O) groups excluding carboxylic acids is 1. The van der Waals surface area contributed by atoms with E-state index in [-0.39, 0.29) is 10.9 Å². The predicted molar refractivity (Wildman–Crippen MR) is 92.1 cm³/mol. The normalized spacial score (nSPS) is 12.3. The number of rotatable bonds is 3. The van der Waals surface area contributed by atoms with Crippen molar-refractivity contribution < 1.29 is 9.18 Å². The van der Waals surface area contributed by atoms with Crippen molar-refractivity contribution in [3.63, 3.8) is 0 Å². The van der Waals surface area contributed by atoms with E-state index in [4.69, 9.17) is 47.0 Å². The van der Waals surface area contributed by atoms with Crippen LogP contribution in [0.1, 0.15) is 0 Å². The van der Waals surface area contributed by atoms with Gasteiger partial charge in [0.05, 0.1) is 0 Å². The number of nitrogens with one attached hydrogen (secondary N) is 3. The molecule has 1 aromatic carbocycles. The molecule has 3 N–H and O–H groups in total. The van der Waals surface area contributed by atoms with Crippen LogP contribution >= 0.6 is 47.0 Å². The molecular formula is C12H14Cl3FN4OS. The first-order valence-corrected chi connectivity index (χ1v) is 7.51. The number of carbonyl (C=O) groups is 1. The minimum atomic E-state index is -1.83. The molecule has 0 heterocycles. The molecule has 1 atom stereocenters. The third-order valence-corrected chi connectivity index (χ3v) is 3.25. The Bertz CT molecular complexity index is 536. The molecule has 0 radical (unpaired) electrons. The molecule has 2 amide bonds. The summed E-state index contributed by atoms with van der Waals surface area (Å²) < 4.78 is 11.0. The van der Waals surface area contributed by atoms with Gasteiger partial charge >= 0.3 is 6.03 Å². The Labute approximate surface area is 148 Å². The number of alkyl halides is 3. The van der Waals surface area contributed by atoms with Crippen LogP contribution in [0.3, 0.4) is 0 Å². The molecule has 0 aromatic heterocycles. The summed E-state index contributed by atoms with van der Waals surface area (Å²) in [4.78, 5) is 13.0. The largest absolute Gasteiger partial charge is 0.339 e. The van der Waals surface area contributed by atoms with Crippen molar-refractivity contribution >= 4 is 63.9 Å². The molecule has 1 aromatic rings. The number of benzene rings is 1. The molecule has 0 fully saturated rings. The SMILES string of the molecule is CN(C)C(=O)N[C@@H](NC(=S)Nc1ccc(F)cc1)C(Cl)(Cl)Cl. The number of thiocarbonyl (C=S) groups is 1. The van der Waals surface area contributed by atoms with E-state index < -0.39 is 16.0 Å². The van der Waals surface area contributed by atoms with Gasteiger partial charge in [0.25, 0.3) is 0 Å². The Morgan fingerprint density at radius 1 is 1.23 bits per heavy atom. The minimum absolute atomic E-state index is 0.0991. The highest BCUT2D eigenvalue weighted by Crippen LogP contribution is 2.29. The second-order valence-corrected chi connectivity index (χ2v) is 7.20. The van der Waals surface area contributed by atoms with Crippen LogP contribution in [0.4, 0.5) is 14.9 Å². The molecule has 1 rings (SSSR count). The maximum atomic E-state index is 12.8. The molecule has 122 valence electrons. The van der Waals surface area contributed by atoms with E-state index in [9.17, 15) is 9.18 Å². The van der Waals surface area contributed by atoms with Gasteiger partial charge in [-0.15, -0.1) is 0 Å². The van der Waals surface area contributed by atoms with Crippen molar-refractivity contribution in [3.05, 3.63) is 30.1 Å². The summed E-state index contributed by atoms with van der Waals surface area (Å²) in [7, 11) is 3.08. The average molecular weight is 388 g/mol. The fourth-order valence-corrected chi connectivity index (χ4v) is 1.85. The standard InChI is InChI=1S/C12H14Cl3FN4OS/c1-20(2)11(21)19-9(12(13,14)15)18-10(22)17-8-5-3-7(16)4-6-8/h3-6,9H,1-2H3,(H,19,21)(H2,17,18,22)/t9-/m1/s1. The molecule has 0 spiro atoms. The number of hydrogen-bond acceptors (Lipinski definition) is 2. The van der Waals surface area contributed by atoms with Gasteiger partial charge in [0, 0.05) is 19.8 Å². The van der Waals surface area contributed by atoms with Crippen molar-refractivity contribution in [2.24, 2.45) is 0 Å². The van der Waals surface area contributed by atoms with Gasteiger partial charge in [-0.05, 0) is 36.5 Å². The minimum Gasteiger partial charge on any atom is -0.339 e. The van der Waals surface area contributed by atoms with Gasteiger partial charge in [0.2, 0.25) is 3.79 Å². The predicted octanol–water partition coefficient (Wildman–Crippen LogP) is 3.08. The third kappa shape index (κ3) is 6.39. The number of hydrogen-bond donors (Lipinski definition) is 3. The summed E-state index contributed by atoms with van der Waals surface area (Å²) in [6, 6.07) is 5.06. The topological polar surface area (TPSA) is 56.4 Å². The lowest BCUT2D eigenvalue weighted by atomic mass is 10.3. The van der Waals surface area contributed by atoms with Crippen molar-refractivity contribution in [2.75, 3.05) is 19.4 Å². The lowest BCUT2D eigenvalue weighted by molar-refractivity contribution is 0.212. The highest BCUT2D eigenvalue weighted by Gasteiger charge is 2.35. The molecule has 5 nitrogen and oxygen atoms in total. The van der Waals surface area contributed by atoms with E-state index in [0.29, 0.717) is 5.69 Å². The van der Waals surface area contributed by atoms with E-state index >= 15 is 0 Å². The van der Waals surface area contributed by atoms with Crippen molar-refractivity contribution in [1.82, 2.24) is 15.5 Å². The van der Waals surface area contributed by atoms with Gasteiger partial charge in [0.15, 0.2) is 11.3 Å². The highest BCUT2D eigenvalue weighted by atomic mass is 35.6. The lowest BCUT2D eigenvalue weighted by Gasteiger charge is -2.28. The lowest BCUT2D eigenvalue weighted by Crippen LogP contribution is -2.57. The van der Waals surface area contributed by atoms with Crippen LogP contribution in [0.25, 0.3) is 0 Å². The van der Waals surface area contributed by atoms with Crippen LogP contribution in [-0.2, 0) is 0 Å². The van der Waals surface area contributed by atoms with E-state index in [2.05, 4.69) is 16.0 Å². The molecule has 22 heavy (non-hydrogen) atoms. The van der Waals surface area contributed by atoms with Gasteiger partial charge in [-0.2, -0.15) is 0 Å². The summed E-state index contributed by atoms with van der Waals surface area (Å²) >= 11 is 22.5. The maximum Gasteiger partial charge on any atom is 0.318 e. The molecule has 0 saturated carbocycles. The molecular weight excluding hydrogens is 374 g/mol.